The van der Waals surface area contributed by atoms with Gasteiger partial charge in [-0.15, -0.1) is 0 Å². The zero-order chi connectivity index (χ0) is 19.1. The van der Waals surface area contributed by atoms with E-state index in [9.17, 15) is 9.59 Å². The number of benzene rings is 1. The summed E-state index contributed by atoms with van der Waals surface area (Å²) >= 11 is 1.37. The van der Waals surface area contributed by atoms with Gasteiger partial charge in [0.05, 0.1) is 23.6 Å². The summed E-state index contributed by atoms with van der Waals surface area (Å²) in [6.45, 7) is 8.40. The van der Waals surface area contributed by atoms with Crippen LogP contribution in [0, 0.1) is 12.8 Å². The topological polar surface area (TPSA) is 84.1 Å². The van der Waals surface area contributed by atoms with Crippen LogP contribution in [-0.2, 0) is 16.0 Å². The number of imidazole rings is 1. The molecule has 0 atom stereocenters. The van der Waals surface area contributed by atoms with E-state index in [0.29, 0.717) is 23.8 Å². The van der Waals surface area contributed by atoms with Crippen LogP contribution in [0.5, 0.6) is 0 Å². The van der Waals surface area contributed by atoms with E-state index in [0.717, 1.165) is 23.0 Å². The standard InChI is InChI=1S/C19H25N3O3S/c1-5-25-18(24)14-6-8-15(9-7-14)21-17(23)11-26-19-20-13(4)16(22-19)10-12(2)3/h6-9,12H,5,10-11H2,1-4H3,(H,20,22)(H,21,23). The average Bonchev–Trinajstić information content (AvgIpc) is 2.93. The SMILES string of the molecule is CCOC(=O)c1ccc(NC(=O)CSc2nc(CC(C)C)c(C)[nH]2)cc1. The van der Waals surface area contributed by atoms with E-state index >= 15 is 0 Å². The number of hydrogen-bond donors (Lipinski definition) is 2. The van der Waals surface area contributed by atoms with Crippen molar-refractivity contribution in [2.24, 2.45) is 5.92 Å². The molecule has 0 aliphatic rings. The van der Waals surface area contributed by atoms with Crippen molar-refractivity contribution in [2.75, 3.05) is 17.7 Å². The highest BCUT2D eigenvalue weighted by Crippen LogP contribution is 2.19. The number of aromatic nitrogens is 2. The molecule has 1 amide bonds. The van der Waals surface area contributed by atoms with Crippen LogP contribution in [0.4, 0.5) is 5.69 Å². The Morgan fingerprint density at radius 2 is 1.96 bits per heavy atom. The molecule has 0 aliphatic carbocycles. The Balaban J connectivity index is 1.86. The molecule has 26 heavy (non-hydrogen) atoms. The smallest absolute Gasteiger partial charge is 0.338 e. The van der Waals surface area contributed by atoms with Gasteiger partial charge >= 0.3 is 5.97 Å². The zero-order valence-electron chi connectivity index (χ0n) is 15.6. The summed E-state index contributed by atoms with van der Waals surface area (Å²) < 4.78 is 4.93. The lowest BCUT2D eigenvalue weighted by Crippen LogP contribution is -2.14. The maximum Gasteiger partial charge on any atom is 0.338 e. The third kappa shape index (κ3) is 5.91. The predicted octanol–water partition coefficient (Wildman–Crippen LogP) is 3.82. The van der Waals surface area contributed by atoms with E-state index in [1.807, 2.05) is 6.92 Å². The first-order chi connectivity index (χ1) is 12.4. The molecule has 0 saturated heterocycles. The second kappa shape index (κ2) is 9.43. The Bertz CT molecular complexity index is 754. The van der Waals surface area contributed by atoms with Gasteiger partial charge in [0.2, 0.25) is 5.91 Å². The van der Waals surface area contributed by atoms with E-state index < -0.39 is 0 Å². The number of aryl methyl sites for hydroxylation is 1. The number of nitrogens with one attached hydrogen (secondary N) is 2. The Kier molecular flexibility index (Phi) is 7.26. The van der Waals surface area contributed by atoms with Gasteiger partial charge in [-0.05, 0) is 50.5 Å². The number of aromatic amines is 1. The molecule has 0 spiro atoms. The normalized spacial score (nSPS) is 10.8. The number of thioether (sulfide) groups is 1. The quantitative estimate of drug-likeness (QED) is 0.541. The van der Waals surface area contributed by atoms with Gasteiger partial charge in [-0.3, -0.25) is 4.79 Å². The number of rotatable bonds is 8. The minimum Gasteiger partial charge on any atom is -0.462 e. The number of ether oxygens (including phenoxy) is 1. The summed E-state index contributed by atoms with van der Waals surface area (Å²) in [6.07, 6.45) is 0.919. The number of esters is 1. The van der Waals surface area contributed by atoms with E-state index in [4.69, 9.17) is 4.74 Å². The van der Waals surface area contributed by atoms with Gasteiger partial charge in [-0.1, -0.05) is 25.6 Å². The number of amides is 1. The van der Waals surface area contributed by atoms with Crippen LogP contribution < -0.4 is 5.32 Å². The van der Waals surface area contributed by atoms with E-state index in [1.54, 1.807) is 31.2 Å². The monoisotopic (exact) mass is 375 g/mol. The summed E-state index contributed by atoms with van der Waals surface area (Å²) in [4.78, 5) is 31.5. The van der Waals surface area contributed by atoms with Crippen molar-refractivity contribution in [1.29, 1.82) is 0 Å². The molecule has 1 heterocycles. The molecular weight excluding hydrogens is 350 g/mol. The Labute approximate surface area is 158 Å². The Morgan fingerprint density at radius 3 is 2.58 bits per heavy atom. The zero-order valence-corrected chi connectivity index (χ0v) is 16.4. The maximum absolute atomic E-state index is 12.1. The largest absolute Gasteiger partial charge is 0.462 e. The van der Waals surface area contributed by atoms with E-state index in [-0.39, 0.29) is 17.6 Å². The van der Waals surface area contributed by atoms with Gasteiger partial charge in [-0.25, -0.2) is 9.78 Å². The Morgan fingerprint density at radius 1 is 1.27 bits per heavy atom. The van der Waals surface area contributed by atoms with Gasteiger partial charge in [0.1, 0.15) is 0 Å². The molecule has 2 rings (SSSR count). The van der Waals surface area contributed by atoms with Crippen LogP contribution >= 0.6 is 11.8 Å². The van der Waals surface area contributed by atoms with Crippen molar-refractivity contribution in [3.8, 4) is 0 Å². The van der Waals surface area contributed by atoms with Crippen LogP contribution in [0.2, 0.25) is 0 Å². The second-order valence-corrected chi connectivity index (χ2v) is 7.31. The third-order valence-electron chi connectivity index (χ3n) is 3.59. The number of hydrogen-bond acceptors (Lipinski definition) is 5. The van der Waals surface area contributed by atoms with Crippen molar-refractivity contribution in [3.05, 3.63) is 41.2 Å². The third-order valence-corrected chi connectivity index (χ3v) is 4.46. The summed E-state index contributed by atoms with van der Waals surface area (Å²) in [5.41, 5.74) is 3.20. The highest BCUT2D eigenvalue weighted by molar-refractivity contribution is 7.99. The van der Waals surface area contributed by atoms with Crippen LogP contribution in [0.25, 0.3) is 0 Å². The van der Waals surface area contributed by atoms with Gasteiger partial charge in [-0.2, -0.15) is 0 Å². The molecule has 1 aromatic carbocycles. The molecule has 2 N–H and O–H groups in total. The summed E-state index contributed by atoms with van der Waals surface area (Å²) in [6, 6.07) is 6.64. The van der Waals surface area contributed by atoms with Crippen molar-refractivity contribution in [1.82, 2.24) is 9.97 Å². The minimum atomic E-state index is -0.369. The van der Waals surface area contributed by atoms with Gasteiger partial charge in [0.15, 0.2) is 5.16 Å². The lowest BCUT2D eigenvalue weighted by molar-refractivity contribution is -0.113. The fourth-order valence-electron chi connectivity index (χ4n) is 2.36. The molecule has 0 radical (unpaired) electrons. The summed E-state index contributed by atoms with van der Waals surface area (Å²) in [5.74, 6) is 0.300. The molecule has 1 aromatic heterocycles. The molecular formula is C19H25N3O3S. The maximum atomic E-state index is 12.1. The van der Waals surface area contributed by atoms with Crippen LogP contribution in [-0.4, -0.2) is 34.2 Å². The first kappa shape index (κ1) is 20.0. The van der Waals surface area contributed by atoms with Crippen LogP contribution in [0.15, 0.2) is 29.4 Å². The number of H-pyrrole nitrogens is 1. The Hall–Kier alpha value is -2.28. The molecule has 2 aromatic rings. The van der Waals surface area contributed by atoms with Crippen molar-refractivity contribution in [3.63, 3.8) is 0 Å². The second-order valence-electron chi connectivity index (χ2n) is 6.35. The van der Waals surface area contributed by atoms with Crippen molar-refractivity contribution >= 4 is 29.3 Å². The van der Waals surface area contributed by atoms with Crippen molar-refractivity contribution in [2.45, 2.75) is 39.3 Å². The first-order valence-electron chi connectivity index (χ1n) is 8.64. The summed E-state index contributed by atoms with van der Waals surface area (Å²) in [5, 5.41) is 3.57. The molecule has 0 aliphatic heterocycles. The highest BCUT2D eigenvalue weighted by atomic mass is 32.2. The first-order valence-corrected chi connectivity index (χ1v) is 9.63. The molecule has 0 fully saturated rings. The fraction of sp³-hybridized carbons (Fsp3) is 0.421. The van der Waals surface area contributed by atoms with E-state index in [2.05, 4.69) is 29.1 Å². The number of carbonyl (C=O) groups excluding carboxylic acids is 2. The number of nitrogens with zero attached hydrogens (tertiary/aromatic N) is 1. The van der Waals surface area contributed by atoms with Gasteiger partial charge in [0.25, 0.3) is 0 Å². The number of carbonyl (C=O) groups is 2. The fourth-order valence-corrected chi connectivity index (χ4v) is 3.10. The minimum absolute atomic E-state index is 0.127. The lowest BCUT2D eigenvalue weighted by Gasteiger charge is -2.06. The molecule has 140 valence electrons. The molecule has 0 unspecified atom stereocenters. The van der Waals surface area contributed by atoms with Crippen LogP contribution in [0.1, 0.15) is 42.5 Å². The summed E-state index contributed by atoms with van der Waals surface area (Å²) in [7, 11) is 0. The average molecular weight is 375 g/mol. The lowest BCUT2D eigenvalue weighted by atomic mass is 10.1. The molecule has 6 nitrogen and oxygen atoms in total. The van der Waals surface area contributed by atoms with Crippen molar-refractivity contribution < 1.29 is 14.3 Å². The highest BCUT2D eigenvalue weighted by Gasteiger charge is 2.11. The molecule has 7 heteroatoms. The van der Waals surface area contributed by atoms with Crippen LogP contribution in [0.3, 0.4) is 0 Å². The number of anilines is 1. The van der Waals surface area contributed by atoms with Gasteiger partial charge < -0.3 is 15.0 Å². The molecule has 0 bridgehead atoms. The van der Waals surface area contributed by atoms with E-state index in [1.165, 1.54) is 11.8 Å². The van der Waals surface area contributed by atoms with Gasteiger partial charge in [0, 0.05) is 11.4 Å². The predicted molar refractivity (Wildman–Crippen MR) is 104 cm³/mol. The molecule has 0 saturated carbocycles.